The van der Waals surface area contributed by atoms with Crippen molar-refractivity contribution < 1.29 is 29.8 Å². The van der Waals surface area contributed by atoms with Gasteiger partial charge in [0.05, 0.1) is 19.8 Å². The molecule has 2 aromatic carbocycles. The van der Waals surface area contributed by atoms with Gasteiger partial charge in [0.15, 0.2) is 5.75 Å². The zero-order valence-corrected chi connectivity index (χ0v) is 19.4. The first-order valence-corrected chi connectivity index (χ1v) is 10.5. The largest absolute Gasteiger partial charge is 0.460 e. The van der Waals surface area contributed by atoms with E-state index < -0.39 is 31.5 Å². The van der Waals surface area contributed by atoms with Crippen LogP contribution in [-0.2, 0) is 15.7 Å². The molecule has 0 aliphatic heterocycles. The number of hydrogen-bond donors (Lipinski definition) is 3. The van der Waals surface area contributed by atoms with Gasteiger partial charge >= 0.3 is 0 Å². The maximum atomic E-state index is 10.00. The lowest BCUT2D eigenvalue weighted by molar-refractivity contribution is -0.340. The lowest BCUT2D eigenvalue weighted by Crippen LogP contribution is -2.50. The fourth-order valence-corrected chi connectivity index (χ4v) is 3.18. The van der Waals surface area contributed by atoms with Crippen LogP contribution in [0.25, 0.3) is 0 Å². The third-order valence-corrected chi connectivity index (χ3v) is 5.29. The highest BCUT2D eigenvalue weighted by Crippen LogP contribution is 2.36. The Kier molecular flexibility index (Phi) is 8.11. The standard InChI is InChI=1S/C25H36O6/c1-23(2,3)18-11-7-9-13-20(18)29-22(25(15-26,16-27)17-28)31-30-21-14-10-8-12-19(21)24(4,5)6/h7-14,22,26-28H,15-17H2,1-6H3. The second-order valence-corrected chi connectivity index (χ2v) is 9.96. The van der Waals surface area contributed by atoms with Gasteiger partial charge in [0.1, 0.15) is 11.2 Å². The number of benzene rings is 2. The summed E-state index contributed by atoms with van der Waals surface area (Å²) in [7, 11) is 0. The molecule has 0 bridgehead atoms. The maximum Gasteiger partial charge on any atom is 0.254 e. The van der Waals surface area contributed by atoms with E-state index in [2.05, 4.69) is 41.5 Å². The smallest absolute Gasteiger partial charge is 0.254 e. The van der Waals surface area contributed by atoms with Crippen molar-refractivity contribution in [1.29, 1.82) is 0 Å². The first-order valence-electron chi connectivity index (χ1n) is 10.5. The zero-order valence-electron chi connectivity index (χ0n) is 19.4. The second kappa shape index (κ2) is 10.0. The maximum absolute atomic E-state index is 10.00. The number of rotatable bonds is 9. The molecular weight excluding hydrogens is 396 g/mol. The van der Waals surface area contributed by atoms with Crippen LogP contribution in [0.1, 0.15) is 52.7 Å². The number of aliphatic hydroxyl groups excluding tert-OH is 3. The van der Waals surface area contributed by atoms with Crippen molar-refractivity contribution in [3.63, 3.8) is 0 Å². The van der Waals surface area contributed by atoms with Gasteiger partial charge in [-0.1, -0.05) is 77.9 Å². The average Bonchev–Trinajstić information content (AvgIpc) is 2.72. The van der Waals surface area contributed by atoms with Gasteiger partial charge in [-0.2, -0.15) is 0 Å². The van der Waals surface area contributed by atoms with Crippen LogP contribution < -0.4 is 9.62 Å². The Morgan fingerprint density at radius 2 is 1.10 bits per heavy atom. The van der Waals surface area contributed by atoms with Gasteiger partial charge in [0, 0.05) is 5.56 Å². The predicted molar refractivity (Wildman–Crippen MR) is 120 cm³/mol. The molecule has 0 spiro atoms. The summed E-state index contributed by atoms with van der Waals surface area (Å²) in [4.78, 5) is 11.3. The molecule has 0 heterocycles. The van der Waals surface area contributed by atoms with Crippen LogP contribution >= 0.6 is 0 Å². The molecule has 2 rings (SSSR count). The molecule has 1 atom stereocenters. The Hall–Kier alpha value is -2.12. The normalized spacial score (nSPS) is 13.7. The van der Waals surface area contributed by atoms with Crippen LogP contribution in [0.15, 0.2) is 48.5 Å². The minimum Gasteiger partial charge on any atom is -0.460 e. The molecule has 2 aromatic rings. The fraction of sp³-hybridized carbons (Fsp3) is 0.520. The number of aliphatic hydroxyl groups is 3. The fourth-order valence-electron chi connectivity index (χ4n) is 3.18. The van der Waals surface area contributed by atoms with Gasteiger partial charge in [0.25, 0.3) is 6.29 Å². The second-order valence-electron chi connectivity index (χ2n) is 9.96. The van der Waals surface area contributed by atoms with Crippen LogP contribution in [0.2, 0.25) is 0 Å². The van der Waals surface area contributed by atoms with Crippen molar-refractivity contribution >= 4 is 0 Å². The predicted octanol–water partition coefficient (Wildman–Crippen LogP) is 3.96. The van der Waals surface area contributed by atoms with Crippen LogP contribution in [0.5, 0.6) is 11.5 Å². The van der Waals surface area contributed by atoms with Crippen molar-refractivity contribution in [1.82, 2.24) is 0 Å². The zero-order chi connectivity index (χ0) is 23.3. The van der Waals surface area contributed by atoms with Gasteiger partial charge in [-0.25, -0.2) is 0 Å². The first kappa shape index (κ1) is 25.1. The summed E-state index contributed by atoms with van der Waals surface area (Å²) in [5, 5.41) is 30.0. The monoisotopic (exact) mass is 432 g/mol. The quantitative estimate of drug-likeness (QED) is 0.316. The number of ether oxygens (including phenoxy) is 1. The molecule has 6 heteroatoms. The lowest BCUT2D eigenvalue weighted by atomic mass is 9.86. The van der Waals surface area contributed by atoms with Crippen molar-refractivity contribution in [3.8, 4) is 11.5 Å². The van der Waals surface area contributed by atoms with E-state index in [0.29, 0.717) is 11.5 Å². The molecule has 0 saturated carbocycles. The molecule has 0 amide bonds. The van der Waals surface area contributed by atoms with E-state index in [0.717, 1.165) is 11.1 Å². The van der Waals surface area contributed by atoms with Gasteiger partial charge in [-0.3, -0.25) is 0 Å². The van der Waals surface area contributed by atoms with E-state index in [1.165, 1.54) is 0 Å². The summed E-state index contributed by atoms with van der Waals surface area (Å²) < 4.78 is 6.13. The molecule has 0 fully saturated rings. The summed E-state index contributed by atoms with van der Waals surface area (Å²) >= 11 is 0. The minimum absolute atomic E-state index is 0.197. The van der Waals surface area contributed by atoms with Crippen molar-refractivity contribution in [2.75, 3.05) is 19.8 Å². The molecule has 31 heavy (non-hydrogen) atoms. The highest BCUT2D eigenvalue weighted by atomic mass is 17.2. The third-order valence-electron chi connectivity index (χ3n) is 5.29. The molecular formula is C25H36O6. The number of hydrogen-bond acceptors (Lipinski definition) is 6. The Labute approximate surface area is 185 Å². The van der Waals surface area contributed by atoms with E-state index in [1.807, 2.05) is 36.4 Å². The topological polar surface area (TPSA) is 88.4 Å². The van der Waals surface area contributed by atoms with Crippen LogP contribution in [0, 0.1) is 5.41 Å². The molecule has 0 saturated heterocycles. The van der Waals surface area contributed by atoms with Crippen LogP contribution in [0.3, 0.4) is 0 Å². The average molecular weight is 433 g/mol. The SMILES string of the molecule is CC(C)(C)c1ccccc1OOC(Oc1ccccc1C(C)(C)C)C(CO)(CO)CO. The Balaban J connectivity index is 2.41. The molecule has 0 aliphatic carbocycles. The summed E-state index contributed by atoms with van der Waals surface area (Å²) in [5.41, 5.74) is -0.0622. The summed E-state index contributed by atoms with van der Waals surface area (Å²) in [6.45, 7) is 10.6. The van der Waals surface area contributed by atoms with Crippen molar-refractivity contribution in [2.24, 2.45) is 5.41 Å². The van der Waals surface area contributed by atoms with E-state index in [4.69, 9.17) is 14.5 Å². The van der Waals surface area contributed by atoms with Gasteiger partial charge < -0.3 is 24.9 Å². The Morgan fingerprint density at radius 3 is 1.55 bits per heavy atom. The van der Waals surface area contributed by atoms with Gasteiger partial charge in [-0.05, 0) is 28.5 Å². The van der Waals surface area contributed by atoms with Crippen molar-refractivity contribution in [3.05, 3.63) is 59.7 Å². The van der Waals surface area contributed by atoms with Gasteiger partial charge in [-0.15, -0.1) is 4.89 Å². The molecule has 172 valence electrons. The molecule has 6 nitrogen and oxygen atoms in total. The highest BCUT2D eigenvalue weighted by molar-refractivity contribution is 5.39. The van der Waals surface area contributed by atoms with E-state index >= 15 is 0 Å². The van der Waals surface area contributed by atoms with Crippen LogP contribution in [0.4, 0.5) is 0 Å². The minimum atomic E-state index is -1.48. The molecule has 3 N–H and O–H groups in total. The summed E-state index contributed by atoms with van der Waals surface area (Å²) in [5.74, 6) is 1.02. The van der Waals surface area contributed by atoms with E-state index in [1.54, 1.807) is 12.1 Å². The summed E-state index contributed by atoms with van der Waals surface area (Å²) in [6, 6.07) is 14.9. The molecule has 0 aromatic heterocycles. The lowest BCUT2D eigenvalue weighted by Gasteiger charge is -2.36. The number of para-hydroxylation sites is 2. The van der Waals surface area contributed by atoms with E-state index in [9.17, 15) is 15.3 Å². The first-order chi connectivity index (χ1) is 14.5. The molecule has 1 unspecified atom stereocenters. The van der Waals surface area contributed by atoms with E-state index in [-0.39, 0.29) is 10.8 Å². The molecule has 0 radical (unpaired) electrons. The summed E-state index contributed by atoms with van der Waals surface area (Å²) in [6.07, 6.45) is -1.27. The van der Waals surface area contributed by atoms with Gasteiger partial charge in [0.2, 0.25) is 0 Å². The third kappa shape index (κ3) is 5.98. The highest BCUT2D eigenvalue weighted by Gasteiger charge is 2.43. The van der Waals surface area contributed by atoms with Crippen molar-refractivity contribution in [2.45, 2.75) is 58.7 Å². The Bertz CT molecular complexity index is 822. The van der Waals surface area contributed by atoms with Crippen LogP contribution in [-0.4, -0.2) is 41.4 Å². The molecule has 0 aliphatic rings. The Morgan fingerprint density at radius 1 is 0.677 bits per heavy atom.